The molecular formula is C35H25F6N3O5S2. The summed E-state index contributed by atoms with van der Waals surface area (Å²) in [5.74, 6) is -4.02. The van der Waals surface area contributed by atoms with E-state index in [0.29, 0.717) is 11.4 Å². The van der Waals surface area contributed by atoms with Gasteiger partial charge >= 0.3 is 17.2 Å². The van der Waals surface area contributed by atoms with Crippen LogP contribution in [0.15, 0.2) is 82.6 Å². The summed E-state index contributed by atoms with van der Waals surface area (Å²) in [6.07, 6.45) is -8.73. The molecule has 8 rings (SSSR count). The molecule has 4 aromatic rings. The molecular weight excluding hydrogens is 721 g/mol. The van der Waals surface area contributed by atoms with Crippen molar-refractivity contribution in [2.75, 3.05) is 16.8 Å². The maximum Gasteiger partial charge on any atom is 0.418 e. The van der Waals surface area contributed by atoms with E-state index in [9.17, 15) is 45.5 Å². The highest BCUT2D eigenvalue weighted by Crippen LogP contribution is 2.68. The summed E-state index contributed by atoms with van der Waals surface area (Å²) < 4.78 is 86.1. The number of rotatable bonds is 6. The van der Waals surface area contributed by atoms with Crippen LogP contribution in [-0.4, -0.2) is 34.6 Å². The monoisotopic (exact) mass is 745 g/mol. The average molecular weight is 746 g/mol. The van der Waals surface area contributed by atoms with Gasteiger partial charge in [-0.1, -0.05) is 41.7 Å². The van der Waals surface area contributed by atoms with E-state index in [-0.39, 0.29) is 45.2 Å². The normalized spacial score (nSPS) is 26.5. The van der Waals surface area contributed by atoms with Crippen molar-refractivity contribution in [3.05, 3.63) is 104 Å². The van der Waals surface area contributed by atoms with Gasteiger partial charge in [-0.15, -0.1) is 11.8 Å². The third kappa shape index (κ3) is 5.62. The van der Waals surface area contributed by atoms with Crippen molar-refractivity contribution in [2.24, 2.45) is 29.6 Å². The Morgan fingerprint density at radius 1 is 0.882 bits per heavy atom. The molecule has 4 unspecified atom stereocenters. The molecule has 4 aliphatic rings. The number of alkyl halides is 6. The second-order valence-corrected chi connectivity index (χ2v) is 15.2. The number of ether oxygens (including phenoxy) is 1. The number of thiazole rings is 1. The molecule has 2 saturated carbocycles. The third-order valence-corrected chi connectivity index (χ3v) is 12.9. The Balaban J connectivity index is 1.04. The van der Waals surface area contributed by atoms with E-state index in [0.717, 1.165) is 50.9 Å². The van der Waals surface area contributed by atoms with Crippen LogP contribution in [0.2, 0.25) is 0 Å². The van der Waals surface area contributed by atoms with Crippen molar-refractivity contribution in [1.82, 2.24) is 4.98 Å². The van der Waals surface area contributed by atoms with Crippen LogP contribution in [0.4, 0.5) is 37.7 Å². The van der Waals surface area contributed by atoms with Crippen LogP contribution in [0, 0.1) is 29.6 Å². The van der Waals surface area contributed by atoms with E-state index in [4.69, 9.17) is 4.74 Å². The molecule has 16 heteroatoms. The van der Waals surface area contributed by atoms with Crippen LogP contribution in [0.1, 0.15) is 33.9 Å². The Bertz CT molecular complexity index is 2130. The maximum absolute atomic E-state index is 13.9. The van der Waals surface area contributed by atoms with Crippen molar-refractivity contribution in [3.63, 3.8) is 0 Å². The number of anilines is 2. The number of carbonyl (C=O) groups excluding carboxylic acids is 3. The first-order chi connectivity index (χ1) is 24.2. The first-order valence-corrected chi connectivity index (χ1v) is 17.5. The van der Waals surface area contributed by atoms with Crippen LogP contribution >= 0.6 is 23.1 Å². The van der Waals surface area contributed by atoms with Gasteiger partial charge in [-0.05, 0) is 72.2 Å². The fourth-order valence-electron chi connectivity index (χ4n) is 8.41. The molecule has 0 spiro atoms. The van der Waals surface area contributed by atoms with E-state index in [1.54, 1.807) is 24.3 Å². The van der Waals surface area contributed by atoms with Crippen molar-refractivity contribution in [2.45, 2.75) is 35.0 Å². The molecule has 1 aromatic heterocycles. The number of nitrogens with zero attached hydrogens (tertiary/aromatic N) is 1. The van der Waals surface area contributed by atoms with E-state index >= 15 is 0 Å². The number of hydrogen-bond acceptors (Lipinski definition) is 7. The number of fused-ring (bicyclic) bond motifs is 9. The fraction of sp³-hybridized carbons (Fsp3) is 0.314. The predicted molar refractivity (Wildman–Crippen MR) is 174 cm³/mol. The third-order valence-electron chi connectivity index (χ3n) is 10.3. The van der Waals surface area contributed by atoms with Crippen molar-refractivity contribution >= 4 is 52.2 Å². The van der Waals surface area contributed by atoms with E-state index in [2.05, 4.69) is 10.3 Å². The van der Waals surface area contributed by atoms with Gasteiger partial charge in [-0.3, -0.25) is 24.1 Å². The number of para-hydroxylation sites is 1. The number of benzene rings is 3. The summed E-state index contributed by atoms with van der Waals surface area (Å²) in [4.78, 5) is 57.1. The van der Waals surface area contributed by atoms with Gasteiger partial charge in [-0.25, -0.2) is 0 Å². The molecule has 3 fully saturated rings. The molecule has 8 nitrogen and oxygen atoms in total. The first-order valence-electron chi connectivity index (χ1n) is 15.8. The summed E-state index contributed by atoms with van der Waals surface area (Å²) in [5.41, 5.74) is -1.67. The number of imide groups is 1. The number of aromatic amines is 1. The molecule has 7 atom stereocenters. The number of amides is 3. The van der Waals surface area contributed by atoms with Gasteiger partial charge in [0.05, 0.1) is 39.4 Å². The molecule has 2 bridgehead atoms. The zero-order valence-corrected chi connectivity index (χ0v) is 27.6. The molecule has 3 amide bonds. The molecule has 2 aliphatic carbocycles. The highest BCUT2D eigenvalue weighted by Gasteiger charge is 2.69. The lowest BCUT2D eigenvalue weighted by Gasteiger charge is -2.43. The summed E-state index contributed by atoms with van der Waals surface area (Å²) in [5, 5.41) is 2.74. The highest BCUT2D eigenvalue weighted by atomic mass is 32.2. The molecule has 2 N–H and O–H groups in total. The summed E-state index contributed by atoms with van der Waals surface area (Å²) in [7, 11) is 0. The van der Waals surface area contributed by atoms with Crippen molar-refractivity contribution < 1.29 is 45.5 Å². The SMILES string of the molecule is O=C(COc1ccc([C@H]2c3sc(=O)[nH]c3SC3C2[C@H]2C[C@@H]3C3C(=O)N(c4cccc(C(F)(F)F)c4)C(=O)C32)cc1)Nc1ccccc1C(F)(F)F. The molecule has 2 aliphatic heterocycles. The zero-order chi connectivity index (χ0) is 36.0. The number of thioether (sulfide) groups is 1. The smallest absolute Gasteiger partial charge is 0.418 e. The van der Waals surface area contributed by atoms with Gasteiger partial charge in [-0.2, -0.15) is 26.3 Å². The van der Waals surface area contributed by atoms with E-state index in [1.807, 2.05) is 0 Å². The van der Waals surface area contributed by atoms with Crippen LogP contribution in [0.25, 0.3) is 0 Å². The second kappa shape index (κ2) is 12.0. The molecule has 51 heavy (non-hydrogen) atoms. The Morgan fingerprint density at radius 3 is 2.29 bits per heavy atom. The largest absolute Gasteiger partial charge is 0.484 e. The zero-order valence-electron chi connectivity index (χ0n) is 26.0. The maximum atomic E-state index is 13.9. The molecule has 3 aromatic carbocycles. The summed E-state index contributed by atoms with van der Waals surface area (Å²) >= 11 is 2.52. The molecule has 264 valence electrons. The lowest BCUT2D eigenvalue weighted by molar-refractivity contribution is -0.138. The van der Waals surface area contributed by atoms with Crippen LogP contribution in [-0.2, 0) is 26.7 Å². The topological polar surface area (TPSA) is 109 Å². The van der Waals surface area contributed by atoms with Crippen molar-refractivity contribution in [1.29, 1.82) is 0 Å². The van der Waals surface area contributed by atoms with Crippen LogP contribution in [0.3, 0.4) is 0 Å². The van der Waals surface area contributed by atoms with Crippen LogP contribution in [0.5, 0.6) is 5.75 Å². The first kappa shape index (κ1) is 33.6. The number of carbonyl (C=O) groups is 3. The van der Waals surface area contributed by atoms with Gasteiger partial charge in [0.1, 0.15) is 5.75 Å². The summed E-state index contributed by atoms with van der Waals surface area (Å²) in [6.45, 7) is -0.564. The average Bonchev–Trinajstić information content (AvgIpc) is 3.82. The number of aromatic nitrogens is 1. The van der Waals surface area contributed by atoms with Gasteiger partial charge in [0.15, 0.2) is 6.61 Å². The quantitative estimate of drug-likeness (QED) is 0.160. The number of H-pyrrole nitrogens is 1. The minimum absolute atomic E-state index is 0.113. The number of nitrogens with one attached hydrogen (secondary N) is 2. The van der Waals surface area contributed by atoms with E-state index in [1.165, 1.54) is 36.0 Å². The number of hydrogen-bond donors (Lipinski definition) is 2. The molecule has 3 heterocycles. The van der Waals surface area contributed by atoms with Gasteiger partial charge < -0.3 is 15.0 Å². The Hall–Kier alpha value is -4.57. The Kier molecular flexibility index (Phi) is 7.90. The second-order valence-electron chi connectivity index (χ2n) is 13.0. The minimum atomic E-state index is -4.66. The molecule has 0 radical (unpaired) electrons. The summed E-state index contributed by atoms with van der Waals surface area (Å²) in [6, 6.07) is 15.5. The lowest BCUT2D eigenvalue weighted by Crippen LogP contribution is -2.42. The van der Waals surface area contributed by atoms with Gasteiger partial charge in [0.2, 0.25) is 11.8 Å². The highest BCUT2D eigenvalue weighted by molar-refractivity contribution is 8.00. The lowest BCUT2D eigenvalue weighted by atomic mass is 9.68. The van der Waals surface area contributed by atoms with Crippen LogP contribution < -0.4 is 19.8 Å². The van der Waals surface area contributed by atoms with Crippen molar-refractivity contribution in [3.8, 4) is 5.75 Å². The Morgan fingerprint density at radius 2 is 1.59 bits per heavy atom. The minimum Gasteiger partial charge on any atom is -0.484 e. The fourth-order valence-corrected chi connectivity index (χ4v) is 11.3. The predicted octanol–water partition coefficient (Wildman–Crippen LogP) is 7.17. The molecule has 1 saturated heterocycles. The standard InChI is InChI=1S/C35H25F6N3O5S2/c36-34(37,38)16-4-3-5-17(12-16)44-31(46)26-19-13-20(27(26)32(44)47)28-25(19)24(29-30(50-28)43-33(48)51-29)15-8-10-18(11-9-15)49-14-23(45)42-22-7-2-1-6-21(22)35(39,40)41/h1-12,19-20,24-28H,13-14H2,(H,42,45)(H,43,48)/t19-,20-,24-,25?,26?,27?,28?/m1/s1. The number of halogens is 6. The van der Waals surface area contributed by atoms with E-state index < -0.39 is 65.3 Å². The Labute approximate surface area is 293 Å². The van der Waals surface area contributed by atoms with Gasteiger partial charge in [0, 0.05) is 16.0 Å². The van der Waals surface area contributed by atoms with Gasteiger partial charge in [0.25, 0.3) is 5.91 Å².